The number of hydrogen-bond donors (Lipinski definition) is 2. The van der Waals surface area contributed by atoms with Gasteiger partial charge in [-0.25, -0.2) is 9.18 Å². The molecule has 0 aliphatic carbocycles. The fourth-order valence-electron chi connectivity index (χ4n) is 2.14. The lowest BCUT2D eigenvalue weighted by molar-refractivity contribution is 0.0697. The van der Waals surface area contributed by atoms with Gasteiger partial charge in [-0.05, 0) is 48.4 Å². The van der Waals surface area contributed by atoms with Crippen LogP contribution < -0.4 is 5.73 Å². The molecule has 2 aromatic carbocycles. The van der Waals surface area contributed by atoms with Gasteiger partial charge in [0.15, 0.2) is 0 Å². The van der Waals surface area contributed by atoms with Gasteiger partial charge in [-0.3, -0.25) is 0 Å². The van der Waals surface area contributed by atoms with Crippen LogP contribution in [-0.2, 0) is 6.42 Å². The molecule has 1 unspecified atom stereocenters. The minimum atomic E-state index is -0.939. The molecule has 2 rings (SSSR count). The molecular weight excluding hydrogens is 257 g/mol. The molecule has 3 N–H and O–H groups in total. The highest BCUT2D eigenvalue weighted by Crippen LogP contribution is 2.20. The summed E-state index contributed by atoms with van der Waals surface area (Å²) in [5.74, 6) is -1.12. The third-order valence-electron chi connectivity index (χ3n) is 3.31. The van der Waals surface area contributed by atoms with Crippen molar-refractivity contribution in [2.45, 2.75) is 12.3 Å². The first-order valence-electron chi connectivity index (χ1n) is 6.38. The lowest BCUT2D eigenvalue weighted by Crippen LogP contribution is -2.15. The van der Waals surface area contributed by atoms with Gasteiger partial charge in [-0.1, -0.05) is 24.3 Å². The predicted molar refractivity (Wildman–Crippen MR) is 75.3 cm³/mol. The third-order valence-corrected chi connectivity index (χ3v) is 3.31. The standard InChI is InChI=1S/C16H16FNO2/c17-15-7-5-12(6-8-15)14(10-18)9-11-1-3-13(4-2-11)16(19)20/h1-8,14H,9-10,18H2,(H,19,20). The lowest BCUT2D eigenvalue weighted by Gasteiger charge is -2.15. The monoisotopic (exact) mass is 273 g/mol. The van der Waals surface area contributed by atoms with Crippen LogP contribution in [-0.4, -0.2) is 17.6 Å². The van der Waals surface area contributed by atoms with Crippen LogP contribution in [0.3, 0.4) is 0 Å². The number of aromatic carboxylic acids is 1. The Morgan fingerprint density at radius 1 is 1.10 bits per heavy atom. The molecule has 0 radical (unpaired) electrons. The van der Waals surface area contributed by atoms with E-state index in [4.69, 9.17) is 10.8 Å². The molecule has 2 aromatic rings. The second kappa shape index (κ2) is 6.30. The minimum absolute atomic E-state index is 0.0891. The van der Waals surface area contributed by atoms with E-state index in [0.29, 0.717) is 13.0 Å². The highest BCUT2D eigenvalue weighted by atomic mass is 19.1. The maximum absolute atomic E-state index is 12.9. The van der Waals surface area contributed by atoms with Crippen molar-refractivity contribution in [3.8, 4) is 0 Å². The topological polar surface area (TPSA) is 63.3 Å². The van der Waals surface area contributed by atoms with Crippen LogP contribution in [0.2, 0.25) is 0 Å². The summed E-state index contributed by atoms with van der Waals surface area (Å²) >= 11 is 0. The van der Waals surface area contributed by atoms with Gasteiger partial charge in [0.25, 0.3) is 0 Å². The Kier molecular flexibility index (Phi) is 4.48. The Hall–Kier alpha value is -2.20. The van der Waals surface area contributed by atoms with E-state index >= 15 is 0 Å². The molecule has 0 aromatic heterocycles. The highest BCUT2D eigenvalue weighted by Gasteiger charge is 2.11. The van der Waals surface area contributed by atoms with E-state index in [1.54, 1.807) is 36.4 Å². The number of hydrogen-bond acceptors (Lipinski definition) is 2. The average molecular weight is 273 g/mol. The van der Waals surface area contributed by atoms with E-state index in [0.717, 1.165) is 11.1 Å². The van der Waals surface area contributed by atoms with E-state index in [1.807, 2.05) is 0 Å². The zero-order valence-electron chi connectivity index (χ0n) is 10.9. The fraction of sp³-hybridized carbons (Fsp3) is 0.188. The third kappa shape index (κ3) is 3.42. The summed E-state index contributed by atoms with van der Waals surface area (Å²) < 4.78 is 12.9. The highest BCUT2D eigenvalue weighted by molar-refractivity contribution is 5.87. The van der Waals surface area contributed by atoms with Crippen LogP contribution in [0, 0.1) is 5.82 Å². The molecule has 20 heavy (non-hydrogen) atoms. The van der Waals surface area contributed by atoms with Crippen molar-refractivity contribution in [1.29, 1.82) is 0 Å². The number of carboxylic acids is 1. The predicted octanol–water partition coefficient (Wildman–Crippen LogP) is 2.81. The molecular formula is C16H16FNO2. The summed E-state index contributed by atoms with van der Waals surface area (Å²) in [4.78, 5) is 10.8. The Morgan fingerprint density at radius 3 is 2.20 bits per heavy atom. The number of halogens is 1. The van der Waals surface area contributed by atoms with Crippen molar-refractivity contribution in [3.63, 3.8) is 0 Å². The van der Waals surface area contributed by atoms with Crippen molar-refractivity contribution in [2.75, 3.05) is 6.54 Å². The van der Waals surface area contributed by atoms with Gasteiger partial charge in [-0.2, -0.15) is 0 Å². The molecule has 3 nitrogen and oxygen atoms in total. The van der Waals surface area contributed by atoms with Crippen molar-refractivity contribution in [1.82, 2.24) is 0 Å². The lowest BCUT2D eigenvalue weighted by atomic mass is 9.92. The van der Waals surface area contributed by atoms with Crippen molar-refractivity contribution in [2.24, 2.45) is 5.73 Å². The molecule has 4 heteroatoms. The number of benzene rings is 2. The fourth-order valence-corrected chi connectivity index (χ4v) is 2.14. The molecule has 0 aliphatic heterocycles. The van der Waals surface area contributed by atoms with Crippen LogP contribution in [0.1, 0.15) is 27.4 Å². The van der Waals surface area contributed by atoms with E-state index in [9.17, 15) is 9.18 Å². The van der Waals surface area contributed by atoms with Crippen LogP contribution >= 0.6 is 0 Å². The molecule has 0 fully saturated rings. The van der Waals surface area contributed by atoms with Crippen molar-refractivity contribution < 1.29 is 14.3 Å². The van der Waals surface area contributed by atoms with Gasteiger partial charge >= 0.3 is 5.97 Å². The van der Waals surface area contributed by atoms with E-state index in [-0.39, 0.29) is 17.3 Å². The molecule has 104 valence electrons. The Morgan fingerprint density at radius 2 is 1.70 bits per heavy atom. The largest absolute Gasteiger partial charge is 0.478 e. The van der Waals surface area contributed by atoms with Crippen LogP contribution in [0.4, 0.5) is 4.39 Å². The quantitative estimate of drug-likeness (QED) is 0.880. The molecule has 0 spiro atoms. The molecule has 0 bridgehead atoms. The van der Waals surface area contributed by atoms with Crippen molar-refractivity contribution in [3.05, 3.63) is 71.0 Å². The number of carboxylic acid groups (broad SMARTS) is 1. The second-order valence-corrected chi connectivity index (χ2v) is 4.69. The maximum atomic E-state index is 12.9. The van der Waals surface area contributed by atoms with Gasteiger partial charge in [0.05, 0.1) is 5.56 Å². The molecule has 0 amide bonds. The van der Waals surface area contributed by atoms with Gasteiger partial charge < -0.3 is 10.8 Å². The second-order valence-electron chi connectivity index (χ2n) is 4.69. The van der Waals surface area contributed by atoms with Crippen LogP contribution in [0.5, 0.6) is 0 Å². The van der Waals surface area contributed by atoms with Crippen LogP contribution in [0.25, 0.3) is 0 Å². The van der Waals surface area contributed by atoms with E-state index in [1.165, 1.54) is 12.1 Å². The van der Waals surface area contributed by atoms with Crippen LogP contribution in [0.15, 0.2) is 48.5 Å². The SMILES string of the molecule is NCC(Cc1ccc(C(=O)O)cc1)c1ccc(F)cc1. The van der Waals surface area contributed by atoms with Gasteiger partial charge in [0.2, 0.25) is 0 Å². The summed E-state index contributed by atoms with van der Waals surface area (Å²) in [6.45, 7) is 0.451. The molecule has 0 aliphatic rings. The molecule has 0 saturated heterocycles. The first-order chi connectivity index (χ1) is 9.60. The molecule has 1 atom stereocenters. The minimum Gasteiger partial charge on any atom is -0.478 e. The normalized spacial score (nSPS) is 12.1. The number of nitrogens with two attached hydrogens (primary N) is 1. The molecule has 0 saturated carbocycles. The summed E-state index contributed by atoms with van der Waals surface area (Å²) in [6.07, 6.45) is 0.696. The van der Waals surface area contributed by atoms with E-state index in [2.05, 4.69) is 0 Å². The van der Waals surface area contributed by atoms with Gasteiger partial charge in [0, 0.05) is 5.92 Å². The maximum Gasteiger partial charge on any atom is 0.335 e. The first kappa shape index (κ1) is 14.2. The summed E-state index contributed by atoms with van der Waals surface area (Å²) in [7, 11) is 0. The molecule has 0 heterocycles. The number of rotatable bonds is 5. The zero-order chi connectivity index (χ0) is 14.5. The Labute approximate surface area is 116 Å². The summed E-state index contributed by atoms with van der Waals surface area (Å²) in [6, 6.07) is 13.0. The smallest absolute Gasteiger partial charge is 0.335 e. The summed E-state index contributed by atoms with van der Waals surface area (Å²) in [5, 5.41) is 8.85. The van der Waals surface area contributed by atoms with E-state index < -0.39 is 5.97 Å². The van der Waals surface area contributed by atoms with Gasteiger partial charge in [-0.15, -0.1) is 0 Å². The summed E-state index contributed by atoms with van der Waals surface area (Å²) in [5.41, 5.74) is 8.04. The number of carbonyl (C=O) groups is 1. The average Bonchev–Trinajstić information content (AvgIpc) is 2.46. The Balaban J connectivity index is 2.13. The Bertz CT molecular complexity index is 578. The van der Waals surface area contributed by atoms with Gasteiger partial charge in [0.1, 0.15) is 5.82 Å². The zero-order valence-corrected chi connectivity index (χ0v) is 10.9. The first-order valence-corrected chi connectivity index (χ1v) is 6.38. The van der Waals surface area contributed by atoms with Crippen molar-refractivity contribution >= 4 is 5.97 Å².